The quantitative estimate of drug-likeness (QED) is 0.332. The predicted molar refractivity (Wildman–Crippen MR) is 117 cm³/mol. The van der Waals surface area contributed by atoms with Gasteiger partial charge in [0.15, 0.2) is 0 Å². The van der Waals surface area contributed by atoms with Crippen molar-refractivity contribution >= 4 is 23.9 Å². The molecule has 0 spiro atoms. The van der Waals surface area contributed by atoms with E-state index in [-0.39, 0.29) is 43.4 Å². The Kier molecular flexibility index (Phi) is 7.41. The monoisotopic (exact) mass is 446 g/mol. The molecule has 2 bridgehead atoms. The number of hydrogen-bond acceptors (Lipinski definition) is 6. The molecule has 8 heteroatoms. The number of rotatable bonds is 9. The second-order valence-electron chi connectivity index (χ2n) is 9.38. The Morgan fingerprint density at radius 1 is 1.00 bits per heavy atom. The summed E-state index contributed by atoms with van der Waals surface area (Å²) in [6, 6.07) is -0.563. The highest BCUT2D eigenvalue weighted by atomic mass is 16.5. The van der Waals surface area contributed by atoms with Gasteiger partial charge in [0.1, 0.15) is 13.2 Å². The van der Waals surface area contributed by atoms with Gasteiger partial charge < -0.3 is 14.8 Å². The van der Waals surface area contributed by atoms with Gasteiger partial charge in [-0.2, -0.15) is 0 Å². The van der Waals surface area contributed by atoms with Crippen molar-refractivity contribution in [3.05, 3.63) is 24.3 Å². The van der Waals surface area contributed by atoms with Crippen molar-refractivity contribution in [2.24, 2.45) is 23.2 Å². The molecule has 4 atom stereocenters. The highest BCUT2D eigenvalue weighted by molar-refractivity contribution is 5.98. The summed E-state index contributed by atoms with van der Waals surface area (Å²) in [5, 5.41) is 2.66. The Morgan fingerprint density at radius 3 is 2.31 bits per heavy atom. The minimum atomic E-state index is -0.563. The number of nitrogens with zero attached hydrogens (tertiary/aromatic N) is 1. The molecule has 4 unspecified atom stereocenters. The molecule has 0 aromatic carbocycles. The zero-order valence-corrected chi connectivity index (χ0v) is 19.1. The van der Waals surface area contributed by atoms with Crippen LogP contribution in [0.3, 0.4) is 0 Å². The zero-order valence-electron chi connectivity index (χ0n) is 19.1. The number of ether oxygens (including phenoxy) is 2. The molecule has 3 aliphatic carbocycles. The first kappa shape index (κ1) is 24.0. The highest BCUT2D eigenvalue weighted by Gasteiger charge is 2.63. The van der Waals surface area contributed by atoms with Gasteiger partial charge in [0, 0.05) is 11.1 Å². The molecule has 3 aliphatic rings. The molecule has 3 saturated carbocycles. The van der Waals surface area contributed by atoms with Gasteiger partial charge in [0.25, 0.3) is 0 Å². The summed E-state index contributed by atoms with van der Waals surface area (Å²) < 4.78 is 10.2. The molecule has 3 amide bonds. The van der Waals surface area contributed by atoms with Crippen LogP contribution >= 0.6 is 0 Å². The van der Waals surface area contributed by atoms with Crippen LogP contribution in [0, 0.1) is 23.2 Å². The minimum Gasteiger partial charge on any atom is -0.460 e. The van der Waals surface area contributed by atoms with E-state index in [1.165, 1.54) is 11.3 Å². The molecule has 0 aromatic heterocycles. The Balaban J connectivity index is 1.66. The van der Waals surface area contributed by atoms with Crippen LogP contribution in [-0.2, 0) is 23.9 Å². The number of fused-ring (bicyclic) bond motifs is 5. The maximum absolute atomic E-state index is 13.8. The van der Waals surface area contributed by atoms with Gasteiger partial charge in [-0.25, -0.2) is 14.4 Å². The molecule has 0 aromatic rings. The van der Waals surface area contributed by atoms with E-state index in [1.54, 1.807) is 13.8 Å². The third-order valence-electron chi connectivity index (χ3n) is 7.25. The number of esters is 2. The molecule has 176 valence electrons. The molecule has 0 radical (unpaired) electrons. The van der Waals surface area contributed by atoms with Gasteiger partial charge in [0.2, 0.25) is 5.91 Å². The van der Waals surface area contributed by atoms with Gasteiger partial charge in [-0.15, -0.1) is 0 Å². The average molecular weight is 447 g/mol. The molecule has 0 saturated heterocycles. The van der Waals surface area contributed by atoms with Crippen LogP contribution < -0.4 is 5.32 Å². The minimum absolute atomic E-state index is 0.0258. The van der Waals surface area contributed by atoms with Gasteiger partial charge in [-0.05, 0) is 63.7 Å². The van der Waals surface area contributed by atoms with Crippen molar-refractivity contribution in [1.82, 2.24) is 10.2 Å². The molecule has 3 fully saturated rings. The molecule has 3 rings (SSSR count). The number of nitrogens with one attached hydrogen (secondary N) is 1. The van der Waals surface area contributed by atoms with Gasteiger partial charge in [-0.1, -0.05) is 19.6 Å². The van der Waals surface area contributed by atoms with Crippen molar-refractivity contribution in [1.29, 1.82) is 0 Å². The van der Waals surface area contributed by atoms with Crippen molar-refractivity contribution in [3.8, 4) is 0 Å². The molecule has 8 nitrogen and oxygen atoms in total. The van der Waals surface area contributed by atoms with E-state index in [1.807, 2.05) is 0 Å². The van der Waals surface area contributed by atoms with Crippen LogP contribution in [0.4, 0.5) is 4.79 Å². The van der Waals surface area contributed by atoms with E-state index < -0.39 is 23.4 Å². The Hall–Kier alpha value is -2.64. The Morgan fingerprint density at radius 2 is 1.66 bits per heavy atom. The lowest BCUT2D eigenvalue weighted by atomic mass is 9.71. The third kappa shape index (κ3) is 4.74. The lowest BCUT2D eigenvalue weighted by Gasteiger charge is -2.38. The van der Waals surface area contributed by atoms with Crippen LogP contribution in [0.15, 0.2) is 24.3 Å². The summed E-state index contributed by atoms with van der Waals surface area (Å²) in [7, 11) is 0. The number of hydrogen-bond donors (Lipinski definition) is 1. The lowest BCUT2D eigenvalue weighted by Crippen LogP contribution is -2.53. The maximum atomic E-state index is 13.8. The fourth-order valence-corrected chi connectivity index (χ4v) is 5.85. The Bertz CT molecular complexity index is 821. The maximum Gasteiger partial charge on any atom is 0.333 e. The summed E-state index contributed by atoms with van der Waals surface area (Å²) >= 11 is 0. The van der Waals surface area contributed by atoms with E-state index in [2.05, 4.69) is 18.5 Å². The van der Waals surface area contributed by atoms with Crippen molar-refractivity contribution < 1.29 is 28.7 Å². The van der Waals surface area contributed by atoms with E-state index in [0.29, 0.717) is 17.8 Å². The highest BCUT2D eigenvalue weighted by Crippen LogP contribution is 2.66. The number of carbonyl (C=O) groups is 4. The van der Waals surface area contributed by atoms with Crippen molar-refractivity contribution in [2.75, 3.05) is 26.3 Å². The molecule has 0 heterocycles. The molecular formula is C24H34N2O6. The van der Waals surface area contributed by atoms with E-state index in [0.717, 1.165) is 32.1 Å². The van der Waals surface area contributed by atoms with Gasteiger partial charge in [0.05, 0.1) is 18.5 Å². The SMILES string of the molecule is C=C(C)C(=O)OCCNC(=O)N(CCOC(=O)C(=C)C)C(=O)C12CCC(C1)C1CCCC12. The van der Waals surface area contributed by atoms with E-state index in [9.17, 15) is 19.2 Å². The second-order valence-corrected chi connectivity index (χ2v) is 9.38. The summed E-state index contributed by atoms with van der Waals surface area (Å²) in [6.45, 7) is 10.1. The first-order valence-electron chi connectivity index (χ1n) is 11.4. The lowest BCUT2D eigenvalue weighted by molar-refractivity contribution is -0.146. The zero-order chi connectivity index (χ0) is 23.5. The number of carbonyl (C=O) groups excluding carboxylic acids is 4. The predicted octanol–water partition coefficient (Wildman–Crippen LogP) is 2.98. The van der Waals surface area contributed by atoms with Gasteiger partial charge in [-0.3, -0.25) is 9.69 Å². The van der Waals surface area contributed by atoms with E-state index in [4.69, 9.17) is 9.47 Å². The Labute approximate surface area is 189 Å². The van der Waals surface area contributed by atoms with E-state index >= 15 is 0 Å². The summed E-state index contributed by atoms with van der Waals surface area (Å²) in [6.07, 6.45) is 6.02. The van der Waals surface area contributed by atoms with Crippen LogP contribution in [-0.4, -0.2) is 55.1 Å². The third-order valence-corrected chi connectivity index (χ3v) is 7.25. The van der Waals surface area contributed by atoms with Gasteiger partial charge >= 0.3 is 18.0 Å². The molecular weight excluding hydrogens is 412 g/mol. The van der Waals surface area contributed by atoms with Crippen molar-refractivity contribution in [2.45, 2.75) is 52.4 Å². The molecule has 1 N–H and O–H groups in total. The number of urea groups is 1. The van der Waals surface area contributed by atoms with Crippen LogP contribution in [0.2, 0.25) is 0 Å². The fourth-order valence-electron chi connectivity index (χ4n) is 5.85. The fraction of sp³-hybridized carbons (Fsp3) is 0.667. The van der Waals surface area contributed by atoms with Crippen LogP contribution in [0.5, 0.6) is 0 Å². The first-order chi connectivity index (χ1) is 15.2. The first-order valence-corrected chi connectivity index (χ1v) is 11.4. The summed E-state index contributed by atoms with van der Waals surface area (Å²) in [5.74, 6) is 0.226. The van der Waals surface area contributed by atoms with Crippen LogP contribution in [0.1, 0.15) is 52.4 Å². The summed E-state index contributed by atoms with van der Waals surface area (Å²) in [4.78, 5) is 51.2. The smallest absolute Gasteiger partial charge is 0.333 e. The number of imide groups is 1. The topological polar surface area (TPSA) is 102 Å². The molecule has 0 aliphatic heterocycles. The molecule has 32 heavy (non-hydrogen) atoms. The van der Waals surface area contributed by atoms with Crippen LogP contribution in [0.25, 0.3) is 0 Å². The summed E-state index contributed by atoms with van der Waals surface area (Å²) in [5.41, 5.74) is 0.0386. The largest absolute Gasteiger partial charge is 0.460 e. The number of amides is 3. The normalized spacial score (nSPS) is 27.4. The second kappa shape index (κ2) is 9.88. The average Bonchev–Trinajstić information content (AvgIpc) is 3.46. The van der Waals surface area contributed by atoms with Crippen molar-refractivity contribution in [3.63, 3.8) is 0 Å². The standard InChI is InChI=1S/C24H34N2O6/c1-15(2)20(27)31-12-10-25-23(30)26(11-13-32-21(28)16(3)4)22(29)24-9-8-17(14-24)18-6-5-7-19(18)24/h17-19H,1,3,5-14H2,2,4H3,(H,25,30).